The number of aryl methyl sites for hydroxylation is 2. The maximum absolute atomic E-state index is 12.4. The Hall–Kier alpha value is -2.54. The Bertz CT molecular complexity index is 871. The first-order valence-corrected chi connectivity index (χ1v) is 8.85. The van der Waals surface area contributed by atoms with E-state index in [1.54, 1.807) is 25.1 Å². The minimum atomic E-state index is -3.49. The molecule has 7 heteroatoms. The summed E-state index contributed by atoms with van der Waals surface area (Å²) in [6.45, 7) is 3.52. The third-order valence-corrected chi connectivity index (χ3v) is 5.32. The molecule has 0 aliphatic heterocycles. The summed E-state index contributed by atoms with van der Waals surface area (Å²) in [5.74, 6) is -1.71. The second-order valence-electron chi connectivity index (χ2n) is 5.42. The first-order valence-electron chi connectivity index (χ1n) is 7.20. The molecule has 0 aliphatic carbocycles. The number of ether oxygens (including phenoxy) is 1. The van der Waals surface area contributed by atoms with Gasteiger partial charge in [0, 0.05) is 6.07 Å². The Morgan fingerprint density at radius 3 is 2.42 bits per heavy atom. The highest BCUT2D eigenvalue weighted by Crippen LogP contribution is 2.24. The van der Waals surface area contributed by atoms with Gasteiger partial charge in [0.05, 0.1) is 10.6 Å². The van der Waals surface area contributed by atoms with Gasteiger partial charge in [0.2, 0.25) is 0 Å². The first kappa shape index (κ1) is 17.8. The monoisotopic (exact) mass is 350 g/mol. The number of aromatic hydroxyl groups is 1. The third kappa shape index (κ3) is 4.05. The molecule has 0 heterocycles. The van der Waals surface area contributed by atoms with E-state index in [0.717, 1.165) is 11.6 Å². The molecule has 0 aromatic heterocycles. The van der Waals surface area contributed by atoms with E-state index in [-0.39, 0.29) is 28.6 Å². The molecule has 6 nitrogen and oxygen atoms in total. The van der Waals surface area contributed by atoms with E-state index >= 15 is 0 Å². The Labute approximate surface area is 140 Å². The van der Waals surface area contributed by atoms with Crippen molar-refractivity contribution in [2.75, 3.05) is 12.4 Å². The van der Waals surface area contributed by atoms with Gasteiger partial charge in [-0.25, -0.2) is 13.2 Å². The van der Waals surface area contributed by atoms with Gasteiger partial charge in [0.25, 0.3) is 0 Å². The molecule has 0 spiro atoms. The second-order valence-corrected chi connectivity index (χ2v) is 7.50. The van der Waals surface area contributed by atoms with Crippen LogP contribution in [0.5, 0.6) is 11.5 Å². The lowest BCUT2D eigenvalue weighted by Gasteiger charge is -2.10. The molecule has 2 aromatic rings. The van der Waals surface area contributed by atoms with Crippen LogP contribution in [-0.2, 0) is 9.84 Å². The van der Waals surface area contributed by atoms with Crippen LogP contribution in [0, 0.1) is 13.8 Å². The summed E-state index contributed by atoms with van der Waals surface area (Å²) in [7, 11) is -3.49. The molecule has 0 aliphatic rings. The van der Waals surface area contributed by atoms with E-state index < -0.39 is 21.6 Å². The Balaban J connectivity index is 2.05. The summed E-state index contributed by atoms with van der Waals surface area (Å²) in [5.41, 5.74) is 1.42. The van der Waals surface area contributed by atoms with Gasteiger partial charge in [-0.1, -0.05) is 17.7 Å². The molecule has 0 unspecified atom stereocenters. The minimum Gasteiger partial charge on any atom is -0.507 e. The van der Waals surface area contributed by atoms with Crippen molar-refractivity contribution in [1.82, 2.24) is 0 Å². The van der Waals surface area contributed by atoms with Gasteiger partial charge in [-0.05, 0) is 37.6 Å². The standard InChI is InChI=1S/C17H18O6S/c1-11-3-6-16(12(2)9-11)24(21,22)8-7-23-13-4-5-14(17(19)20)15(18)10-13/h3-6,9-10,18H,7-8H2,1-2H3,(H,19,20). The zero-order valence-electron chi connectivity index (χ0n) is 13.3. The molecule has 24 heavy (non-hydrogen) atoms. The maximum atomic E-state index is 12.4. The molecule has 0 radical (unpaired) electrons. The summed E-state index contributed by atoms with van der Waals surface area (Å²) in [4.78, 5) is 11.1. The van der Waals surface area contributed by atoms with Gasteiger partial charge < -0.3 is 14.9 Å². The van der Waals surface area contributed by atoms with Crippen LogP contribution in [0.2, 0.25) is 0 Å². The molecule has 2 N–H and O–H groups in total. The Morgan fingerprint density at radius 2 is 1.83 bits per heavy atom. The lowest BCUT2D eigenvalue weighted by Crippen LogP contribution is -2.15. The predicted octanol–water partition coefficient (Wildman–Crippen LogP) is 2.56. The van der Waals surface area contributed by atoms with Crippen LogP contribution in [0.15, 0.2) is 41.3 Å². The first-order chi connectivity index (χ1) is 11.2. The molecule has 0 fully saturated rings. The third-order valence-electron chi connectivity index (χ3n) is 3.49. The van der Waals surface area contributed by atoms with Crippen LogP contribution < -0.4 is 4.74 Å². The number of sulfone groups is 1. The average Bonchev–Trinajstić information content (AvgIpc) is 2.46. The fraction of sp³-hybridized carbons (Fsp3) is 0.235. The highest BCUT2D eigenvalue weighted by Gasteiger charge is 2.17. The Kier molecular flexibility index (Phi) is 5.14. The molecule has 2 rings (SSSR count). The molecular formula is C17H18O6S. The maximum Gasteiger partial charge on any atom is 0.339 e. The van der Waals surface area contributed by atoms with E-state index in [1.165, 1.54) is 12.1 Å². The zero-order valence-corrected chi connectivity index (χ0v) is 14.1. The summed E-state index contributed by atoms with van der Waals surface area (Å²) in [5, 5.41) is 18.4. The molecule has 128 valence electrons. The smallest absolute Gasteiger partial charge is 0.339 e. The van der Waals surface area contributed by atoms with Crippen molar-refractivity contribution in [3.63, 3.8) is 0 Å². The van der Waals surface area contributed by atoms with Crippen LogP contribution in [-0.4, -0.2) is 37.0 Å². The van der Waals surface area contributed by atoms with Crippen molar-refractivity contribution in [1.29, 1.82) is 0 Å². The summed E-state index contributed by atoms with van der Waals surface area (Å²) in [6.07, 6.45) is 0. The quantitative estimate of drug-likeness (QED) is 0.830. The molecule has 0 bridgehead atoms. The van der Waals surface area contributed by atoms with Crippen molar-refractivity contribution in [3.05, 3.63) is 53.1 Å². The zero-order chi connectivity index (χ0) is 17.9. The predicted molar refractivity (Wildman–Crippen MR) is 88.5 cm³/mol. The molecule has 0 amide bonds. The highest BCUT2D eigenvalue weighted by molar-refractivity contribution is 7.91. The fourth-order valence-corrected chi connectivity index (χ4v) is 3.66. The normalized spacial score (nSPS) is 11.2. The lowest BCUT2D eigenvalue weighted by atomic mass is 10.2. The number of benzene rings is 2. The summed E-state index contributed by atoms with van der Waals surface area (Å²) < 4.78 is 30.0. The van der Waals surface area contributed by atoms with Crippen LogP contribution in [0.1, 0.15) is 21.5 Å². The number of hydrogen-bond donors (Lipinski definition) is 2. The van der Waals surface area contributed by atoms with Crippen molar-refractivity contribution in [2.45, 2.75) is 18.7 Å². The number of carbonyl (C=O) groups is 1. The number of carboxylic acid groups (broad SMARTS) is 1. The van der Waals surface area contributed by atoms with Crippen LogP contribution in [0.4, 0.5) is 0 Å². The fourth-order valence-electron chi connectivity index (χ4n) is 2.31. The van der Waals surface area contributed by atoms with E-state index in [0.29, 0.717) is 5.56 Å². The molecule has 0 saturated heterocycles. The summed E-state index contributed by atoms with van der Waals surface area (Å²) in [6, 6.07) is 8.83. The number of hydrogen-bond acceptors (Lipinski definition) is 5. The Morgan fingerprint density at radius 1 is 1.12 bits per heavy atom. The minimum absolute atomic E-state index is 0.110. The van der Waals surface area contributed by atoms with E-state index in [9.17, 15) is 18.3 Å². The second kappa shape index (κ2) is 6.92. The van der Waals surface area contributed by atoms with Gasteiger partial charge in [-0.2, -0.15) is 0 Å². The molecule has 0 saturated carbocycles. The number of phenols is 1. The largest absolute Gasteiger partial charge is 0.507 e. The van der Waals surface area contributed by atoms with Crippen molar-refractivity contribution < 1.29 is 28.2 Å². The van der Waals surface area contributed by atoms with Crippen molar-refractivity contribution >= 4 is 15.8 Å². The van der Waals surface area contributed by atoms with E-state index in [2.05, 4.69) is 0 Å². The summed E-state index contributed by atoms with van der Waals surface area (Å²) >= 11 is 0. The number of aromatic carboxylic acids is 1. The van der Waals surface area contributed by atoms with Crippen molar-refractivity contribution in [3.8, 4) is 11.5 Å². The van der Waals surface area contributed by atoms with E-state index in [1.807, 2.05) is 6.92 Å². The molecule has 2 aromatic carbocycles. The van der Waals surface area contributed by atoms with Crippen LogP contribution >= 0.6 is 0 Å². The topological polar surface area (TPSA) is 101 Å². The highest BCUT2D eigenvalue weighted by atomic mass is 32.2. The van der Waals surface area contributed by atoms with Gasteiger partial charge >= 0.3 is 5.97 Å². The van der Waals surface area contributed by atoms with Crippen LogP contribution in [0.3, 0.4) is 0 Å². The van der Waals surface area contributed by atoms with Gasteiger partial charge in [0.1, 0.15) is 23.7 Å². The number of carboxylic acids is 1. The van der Waals surface area contributed by atoms with Gasteiger partial charge in [-0.3, -0.25) is 0 Å². The number of rotatable bonds is 6. The van der Waals surface area contributed by atoms with Gasteiger partial charge in [0.15, 0.2) is 9.84 Å². The molecular weight excluding hydrogens is 332 g/mol. The molecule has 0 atom stereocenters. The van der Waals surface area contributed by atoms with E-state index in [4.69, 9.17) is 9.84 Å². The SMILES string of the molecule is Cc1ccc(S(=O)(=O)CCOc2ccc(C(=O)O)c(O)c2)c(C)c1. The lowest BCUT2D eigenvalue weighted by molar-refractivity contribution is 0.0693. The average molecular weight is 350 g/mol. The van der Waals surface area contributed by atoms with Crippen LogP contribution in [0.25, 0.3) is 0 Å². The van der Waals surface area contributed by atoms with Crippen molar-refractivity contribution in [2.24, 2.45) is 0 Å². The van der Waals surface area contributed by atoms with Gasteiger partial charge in [-0.15, -0.1) is 0 Å².